The average molecular weight is 383 g/mol. The minimum Gasteiger partial charge on any atom is -0.493 e. The van der Waals surface area contributed by atoms with E-state index in [2.05, 4.69) is 0 Å². The maximum absolute atomic E-state index is 12.6. The highest BCUT2D eigenvalue weighted by atomic mass is 32.2. The molecule has 0 bridgehead atoms. The summed E-state index contributed by atoms with van der Waals surface area (Å²) in [6, 6.07) is 14.1. The van der Waals surface area contributed by atoms with Gasteiger partial charge in [-0.05, 0) is 54.6 Å². The molecule has 0 atom stereocenters. The molecule has 0 saturated carbocycles. The number of anilines is 1. The molecule has 2 amide bonds. The van der Waals surface area contributed by atoms with Crippen LogP contribution in [0, 0.1) is 6.92 Å². The van der Waals surface area contributed by atoms with Crippen molar-refractivity contribution in [1.82, 2.24) is 0 Å². The zero-order valence-corrected chi connectivity index (χ0v) is 15.4. The third-order valence-electron chi connectivity index (χ3n) is 3.85. The number of thioether (sulfide) groups is 1. The zero-order valence-electron chi connectivity index (χ0n) is 14.5. The number of carboxylic acids is 1. The molecule has 1 aliphatic heterocycles. The van der Waals surface area contributed by atoms with Crippen molar-refractivity contribution in [2.45, 2.75) is 13.3 Å². The van der Waals surface area contributed by atoms with Gasteiger partial charge in [0.25, 0.3) is 11.1 Å². The lowest BCUT2D eigenvalue weighted by atomic mass is 10.2. The standard InChI is InChI=1S/C20H17NO5S/c1-13-2-6-15(7-3-13)21-19(24)17(27-20(21)25)12-14-4-8-16(9-5-14)26-11-10-18(22)23/h2-9,12H,10-11H2,1H3,(H,22,23)/b17-12+. The Labute approximate surface area is 160 Å². The first-order valence-electron chi connectivity index (χ1n) is 8.23. The van der Waals surface area contributed by atoms with Crippen molar-refractivity contribution in [2.75, 3.05) is 11.5 Å². The third kappa shape index (κ3) is 4.57. The van der Waals surface area contributed by atoms with Crippen molar-refractivity contribution in [1.29, 1.82) is 0 Å². The fourth-order valence-electron chi connectivity index (χ4n) is 2.45. The number of nitrogens with zero attached hydrogens (tertiary/aromatic N) is 1. The number of ether oxygens (including phenoxy) is 1. The second-order valence-electron chi connectivity index (χ2n) is 5.91. The van der Waals surface area contributed by atoms with Crippen LogP contribution in [0.3, 0.4) is 0 Å². The van der Waals surface area contributed by atoms with Gasteiger partial charge in [0.2, 0.25) is 0 Å². The zero-order chi connectivity index (χ0) is 19.4. The van der Waals surface area contributed by atoms with E-state index in [0.717, 1.165) is 22.9 Å². The SMILES string of the molecule is Cc1ccc(N2C(=O)S/C(=C/c3ccc(OCCC(=O)O)cc3)C2=O)cc1. The van der Waals surface area contributed by atoms with Gasteiger partial charge in [0, 0.05) is 0 Å². The average Bonchev–Trinajstić information content (AvgIpc) is 2.91. The molecule has 138 valence electrons. The van der Waals surface area contributed by atoms with Crippen molar-refractivity contribution in [3.05, 3.63) is 64.6 Å². The van der Waals surface area contributed by atoms with Crippen LogP contribution in [-0.4, -0.2) is 28.8 Å². The van der Waals surface area contributed by atoms with Gasteiger partial charge >= 0.3 is 5.97 Å². The Morgan fingerprint density at radius 3 is 2.41 bits per heavy atom. The number of carboxylic acid groups (broad SMARTS) is 1. The Balaban J connectivity index is 1.71. The van der Waals surface area contributed by atoms with Gasteiger partial charge in [-0.3, -0.25) is 14.4 Å². The van der Waals surface area contributed by atoms with E-state index in [4.69, 9.17) is 9.84 Å². The van der Waals surface area contributed by atoms with Crippen LogP contribution in [0.2, 0.25) is 0 Å². The van der Waals surface area contributed by atoms with Crippen LogP contribution in [0.1, 0.15) is 17.5 Å². The van der Waals surface area contributed by atoms with Gasteiger partial charge in [-0.25, -0.2) is 4.90 Å². The van der Waals surface area contributed by atoms with Gasteiger partial charge < -0.3 is 9.84 Å². The van der Waals surface area contributed by atoms with Crippen molar-refractivity contribution in [2.24, 2.45) is 0 Å². The summed E-state index contributed by atoms with van der Waals surface area (Å²) in [5.41, 5.74) is 2.34. The van der Waals surface area contributed by atoms with Gasteiger partial charge in [0.1, 0.15) is 5.75 Å². The van der Waals surface area contributed by atoms with Gasteiger partial charge in [0.15, 0.2) is 0 Å². The highest BCUT2D eigenvalue weighted by Crippen LogP contribution is 2.35. The fraction of sp³-hybridized carbons (Fsp3) is 0.150. The van der Waals surface area contributed by atoms with Crippen molar-refractivity contribution < 1.29 is 24.2 Å². The summed E-state index contributed by atoms with van der Waals surface area (Å²) in [6.07, 6.45) is 1.58. The van der Waals surface area contributed by atoms with Gasteiger partial charge in [0.05, 0.1) is 23.6 Å². The molecule has 0 radical (unpaired) electrons. The van der Waals surface area contributed by atoms with E-state index in [9.17, 15) is 14.4 Å². The molecule has 27 heavy (non-hydrogen) atoms. The van der Waals surface area contributed by atoms with Gasteiger partial charge in [-0.1, -0.05) is 29.8 Å². The number of aliphatic carboxylic acids is 1. The molecule has 2 aromatic carbocycles. The summed E-state index contributed by atoms with van der Waals surface area (Å²) in [7, 11) is 0. The Kier molecular flexibility index (Phi) is 5.61. The predicted octanol–water partition coefficient (Wildman–Crippen LogP) is 4.09. The lowest BCUT2D eigenvalue weighted by Gasteiger charge is -2.12. The Morgan fingerprint density at radius 1 is 1.11 bits per heavy atom. The molecule has 0 aromatic heterocycles. The molecule has 0 aliphatic carbocycles. The van der Waals surface area contributed by atoms with Crippen LogP contribution in [0.15, 0.2) is 53.4 Å². The van der Waals surface area contributed by atoms with Crippen LogP contribution in [-0.2, 0) is 9.59 Å². The van der Waals surface area contributed by atoms with E-state index < -0.39 is 5.97 Å². The third-order valence-corrected chi connectivity index (χ3v) is 4.72. The molecular formula is C20H17NO5S. The second kappa shape index (κ2) is 8.09. The Hall–Kier alpha value is -3.06. The molecule has 0 unspecified atom stereocenters. The molecule has 7 heteroatoms. The number of hydrogen-bond acceptors (Lipinski definition) is 5. The molecule has 2 aromatic rings. The summed E-state index contributed by atoms with van der Waals surface area (Å²) in [5.74, 6) is -0.729. The molecular weight excluding hydrogens is 366 g/mol. The highest BCUT2D eigenvalue weighted by molar-refractivity contribution is 8.19. The van der Waals surface area contributed by atoms with Crippen LogP contribution in [0.5, 0.6) is 5.75 Å². The number of imide groups is 1. The van der Waals surface area contributed by atoms with Crippen LogP contribution in [0.4, 0.5) is 10.5 Å². The number of hydrogen-bond donors (Lipinski definition) is 1. The summed E-state index contributed by atoms with van der Waals surface area (Å²) in [5, 5.41) is 8.28. The van der Waals surface area contributed by atoms with Gasteiger partial charge in [-0.15, -0.1) is 0 Å². The molecule has 6 nitrogen and oxygen atoms in total. The van der Waals surface area contributed by atoms with Crippen LogP contribution < -0.4 is 9.64 Å². The first-order chi connectivity index (χ1) is 12.9. The number of rotatable bonds is 6. The molecule has 1 saturated heterocycles. The number of amides is 2. The number of benzene rings is 2. The summed E-state index contributed by atoms with van der Waals surface area (Å²) >= 11 is 0.899. The number of carbonyl (C=O) groups excluding carboxylic acids is 2. The predicted molar refractivity (Wildman–Crippen MR) is 104 cm³/mol. The molecule has 1 heterocycles. The lowest BCUT2D eigenvalue weighted by molar-refractivity contribution is -0.137. The molecule has 1 fully saturated rings. The minimum absolute atomic E-state index is 0.0755. The quantitative estimate of drug-likeness (QED) is 0.757. The highest BCUT2D eigenvalue weighted by Gasteiger charge is 2.36. The Morgan fingerprint density at radius 2 is 1.78 bits per heavy atom. The van der Waals surface area contributed by atoms with Crippen molar-refractivity contribution >= 4 is 40.6 Å². The molecule has 1 aliphatic rings. The smallest absolute Gasteiger partial charge is 0.306 e. The first-order valence-corrected chi connectivity index (χ1v) is 9.05. The summed E-state index contributed by atoms with van der Waals surface area (Å²) in [4.78, 5) is 36.9. The van der Waals surface area contributed by atoms with Crippen molar-refractivity contribution in [3.8, 4) is 5.75 Å². The fourth-order valence-corrected chi connectivity index (χ4v) is 3.29. The van der Waals surface area contributed by atoms with E-state index in [1.807, 2.05) is 19.1 Å². The van der Waals surface area contributed by atoms with Crippen LogP contribution in [0.25, 0.3) is 6.08 Å². The van der Waals surface area contributed by atoms with E-state index in [1.54, 1.807) is 42.5 Å². The molecule has 1 N–H and O–H groups in total. The number of carbonyl (C=O) groups is 3. The first kappa shape index (κ1) is 18.7. The monoisotopic (exact) mass is 383 g/mol. The number of aryl methyl sites for hydroxylation is 1. The van der Waals surface area contributed by atoms with E-state index >= 15 is 0 Å². The normalized spacial score (nSPS) is 15.4. The van der Waals surface area contributed by atoms with E-state index in [1.165, 1.54) is 4.90 Å². The molecule has 0 spiro atoms. The topological polar surface area (TPSA) is 83.9 Å². The van der Waals surface area contributed by atoms with Crippen molar-refractivity contribution in [3.63, 3.8) is 0 Å². The second-order valence-corrected chi connectivity index (χ2v) is 6.91. The largest absolute Gasteiger partial charge is 0.493 e. The minimum atomic E-state index is -0.920. The van der Waals surface area contributed by atoms with Crippen LogP contribution >= 0.6 is 11.8 Å². The van der Waals surface area contributed by atoms with E-state index in [-0.39, 0.29) is 24.2 Å². The van der Waals surface area contributed by atoms with Gasteiger partial charge in [-0.2, -0.15) is 0 Å². The summed E-state index contributed by atoms with van der Waals surface area (Å²) < 4.78 is 5.33. The Bertz CT molecular complexity index is 903. The summed E-state index contributed by atoms with van der Waals surface area (Å²) in [6.45, 7) is 2.02. The maximum Gasteiger partial charge on any atom is 0.306 e. The van der Waals surface area contributed by atoms with E-state index in [0.29, 0.717) is 16.3 Å². The lowest BCUT2D eigenvalue weighted by Crippen LogP contribution is -2.27. The maximum atomic E-state index is 12.6. The molecule has 3 rings (SSSR count).